The van der Waals surface area contributed by atoms with Crippen molar-refractivity contribution in [1.29, 1.82) is 0 Å². The van der Waals surface area contributed by atoms with Crippen LogP contribution in [0.1, 0.15) is 16.8 Å². The lowest BCUT2D eigenvalue weighted by atomic mass is 10.2. The highest BCUT2D eigenvalue weighted by Crippen LogP contribution is 2.25. The molecule has 8 nitrogen and oxygen atoms in total. The molecule has 10 heteroatoms. The van der Waals surface area contributed by atoms with E-state index in [4.69, 9.17) is 0 Å². The molecule has 1 fully saturated rings. The van der Waals surface area contributed by atoms with Crippen LogP contribution in [0.3, 0.4) is 0 Å². The summed E-state index contributed by atoms with van der Waals surface area (Å²) in [7, 11) is -3.53. The maximum Gasteiger partial charge on any atom is 0.275 e. The maximum absolute atomic E-state index is 13.1. The van der Waals surface area contributed by atoms with E-state index in [-0.39, 0.29) is 5.56 Å². The van der Waals surface area contributed by atoms with Crippen LogP contribution in [-0.2, 0) is 16.6 Å². The van der Waals surface area contributed by atoms with E-state index in [0.717, 1.165) is 21.7 Å². The number of hydrogen-bond donors (Lipinski definition) is 0. The molecule has 0 N–H and O–H groups in total. The van der Waals surface area contributed by atoms with Gasteiger partial charge in [-0.25, -0.2) is 13.4 Å². The number of aryl methyl sites for hydroxylation is 2. The van der Waals surface area contributed by atoms with E-state index in [9.17, 15) is 13.2 Å². The average molecular weight is 496 g/mol. The Kier molecular flexibility index (Phi) is 6.07. The predicted molar refractivity (Wildman–Crippen MR) is 133 cm³/mol. The molecule has 0 aliphatic carbocycles. The largest absolute Gasteiger partial charge is 0.295 e. The van der Waals surface area contributed by atoms with Crippen LogP contribution in [0.15, 0.2) is 64.3 Å². The van der Waals surface area contributed by atoms with E-state index < -0.39 is 10.0 Å². The van der Waals surface area contributed by atoms with Gasteiger partial charge in [0.2, 0.25) is 15.0 Å². The van der Waals surface area contributed by atoms with E-state index in [1.54, 1.807) is 10.4 Å². The maximum atomic E-state index is 13.1. The SMILES string of the molecule is Cc1ccc(S(=O)(=O)N2CCN(Cc3cc(=O)n4nc(-c5ccccc5)sc4n3)CC2)c(C)c1. The molecule has 0 saturated carbocycles. The van der Waals surface area contributed by atoms with Gasteiger partial charge in [0.05, 0.1) is 10.6 Å². The number of rotatable bonds is 5. The number of fused-ring (bicyclic) bond motifs is 1. The zero-order valence-electron chi connectivity index (χ0n) is 19.0. The molecule has 2 aromatic heterocycles. The molecule has 3 heterocycles. The quantitative estimate of drug-likeness (QED) is 0.423. The highest BCUT2D eigenvalue weighted by Gasteiger charge is 2.29. The first kappa shape index (κ1) is 22.9. The van der Waals surface area contributed by atoms with Gasteiger partial charge in [0.15, 0.2) is 0 Å². The molecule has 34 heavy (non-hydrogen) atoms. The second kappa shape index (κ2) is 9.03. The topological polar surface area (TPSA) is 87.9 Å². The summed E-state index contributed by atoms with van der Waals surface area (Å²) >= 11 is 1.38. The summed E-state index contributed by atoms with van der Waals surface area (Å²) in [6, 6.07) is 16.6. The number of sulfonamides is 1. The lowest BCUT2D eigenvalue weighted by Gasteiger charge is -2.34. The summed E-state index contributed by atoms with van der Waals surface area (Å²) in [6.45, 7) is 6.21. The monoisotopic (exact) mass is 495 g/mol. The molecule has 1 aliphatic heterocycles. The van der Waals surface area contributed by atoms with E-state index in [1.807, 2.05) is 56.3 Å². The van der Waals surface area contributed by atoms with Crippen LogP contribution in [0.4, 0.5) is 0 Å². The Balaban J connectivity index is 1.30. The molecule has 4 aromatic rings. The number of hydrogen-bond acceptors (Lipinski definition) is 7. The summed E-state index contributed by atoms with van der Waals surface area (Å²) < 4.78 is 29.2. The third kappa shape index (κ3) is 4.41. The van der Waals surface area contributed by atoms with Gasteiger partial charge in [0, 0.05) is 44.4 Å². The van der Waals surface area contributed by atoms with Crippen molar-refractivity contribution in [3.05, 3.63) is 81.8 Å². The third-order valence-electron chi connectivity index (χ3n) is 5.98. The predicted octanol–water partition coefficient (Wildman–Crippen LogP) is 2.94. The molecule has 1 saturated heterocycles. The van der Waals surface area contributed by atoms with Crippen LogP contribution in [0, 0.1) is 13.8 Å². The fourth-order valence-electron chi connectivity index (χ4n) is 4.22. The number of piperazine rings is 1. The fourth-order valence-corrected chi connectivity index (χ4v) is 6.78. The molecule has 0 atom stereocenters. The van der Waals surface area contributed by atoms with Crippen molar-refractivity contribution >= 4 is 26.3 Å². The van der Waals surface area contributed by atoms with Crippen molar-refractivity contribution in [1.82, 2.24) is 23.8 Å². The summed E-state index contributed by atoms with van der Waals surface area (Å²) in [6.07, 6.45) is 0. The molecule has 0 bridgehead atoms. The molecule has 0 spiro atoms. The number of nitrogens with zero attached hydrogens (tertiary/aromatic N) is 5. The minimum Gasteiger partial charge on any atom is -0.295 e. The first-order valence-corrected chi connectivity index (χ1v) is 13.3. The van der Waals surface area contributed by atoms with Crippen LogP contribution in [0.5, 0.6) is 0 Å². The molecule has 176 valence electrons. The van der Waals surface area contributed by atoms with Crippen LogP contribution < -0.4 is 5.56 Å². The normalized spacial score (nSPS) is 15.7. The Morgan fingerprint density at radius 1 is 0.971 bits per heavy atom. The highest BCUT2D eigenvalue weighted by atomic mass is 32.2. The van der Waals surface area contributed by atoms with Crippen LogP contribution >= 0.6 is 11.3 Å². The van der Waals surface area contributed by atoms with E-state index in [1.165, 1.54) is 21.9 Å². The summed E-state index contributed by atoms with van der Waals surface area (Å²) in [5, 5.41) is 5.16. The van der Waals surface area contributed by atoms with Crippen molar-refractivity contribution in [3.8, 4) is 10.6 Å². The van der Waals surface area contributed by atoms with E-state index >= 15 is 0 Å². The second-order valence-corrected chi connectivity index (χ2v) is 11.4. The minimum atomic E-state index is -3.53. The number of aromatic nitrogens is 3. The average Bonchev–Trinajstić information content (AvgIpc) is 3.25. The zero-order valence-corrected chi connectivity index (χ0v) is 20.6. The molecular weight excluding hydrogens is 470 g/mol. The van der Waals surface area contributed by atoms with Gasteiger partial charge in [0.1, 0.15) is 5.01 Å². The lowest BCUT2D eigenvalue weighted by molar-refractivity contribution is 0.180. The van der Waals surface area contributed by atoms with Gasteiger partial charge in [-0.1, -0.05) is 59.4 Å². The second-order valence-electron chi connectivity index (χ2n) is 8.50. The van der Waals surface area contributed by atoms with Crippen LogP contribution in [-0.4, -0.2) is 58.4 Å². The van der Waals surface area contributed by atoms with Crippen molar-refractivity contribution < 1.29 is 8.42 Å². The smallest absolute Gasteiger partial charge is 0.275 e. The fraction of sp³-hybridized carbons (Fsp3) is 0.292. The van der Waals surface area contributed by atoms with Gasteiger partial charge in [-0.05, 0) is 25.5 Å². The van der Waals surface area contributed by atoms with Gasteiger partial charge in [-0.2, -0.15) is 13.9 Å². The van der Waals surface area contributed by atoms with Gasteiger partial charge < -0.3 is 0 Å². The molecule has 2 aromatic carbocycles. The van der Waals surface area contributed by atoms with Crippen molar-refractivity contribution in [3.63, 3.8) is 0 Å². The van der Waals surface area contributed by atoms with E-state index in [0.29, 0.717) is 48.3 Å². The summed E-state index contributed by atoms with van der Waals surface area (Å²) in [5.74, 6) is 0. The van der Waals surface area contributed by atoms with E-state index in [2.05, 4.69) is 15.0 Å². The van der Waals surface area contributed by atoms with Crippen molar-refractivity contribution in [2.24, 2.45) is 0 Å². The molecule has 0 unspecified atom stereocenters. The first-order valence-electron chi connectivity index (χ1n) is 11.1. The van der Waals surface area contributed by atoms with Gasteiger partial charge >= 0.3 is 0 Å². The standard InChI is InChI=1S/C24H25N5O3S2/c1-17-8-9-21(18(2)14-17)34(31,32)28-12-10-27(11-13-28)16-20-15-22(30)29-24(25-20)33-23(26-29)19-6-4-3-5-7-19/h3-9,14-15H,10-13,16H2,1-2H3. The molecular formula is C24H25N5O3S2. The number of benzene rings is 2. The van der Waals surface area contributed by atoms with Crippen LogP contribution in [0.25, 0.3) is 15.5 Å². The molecule has 0 radical (unpaired) electrons. The Bertz CT molecular complexity index is 1500. The van der Waals surface area contributed by atoms with Gasteiger partial charge in [-0.3, -0.25) is 9.69 Å². The Morgan fingerprint density at radius 2 is 1.71 bits per heavy atom. The molecule has 1 aliphatic rings. The van der Waals surface area contributed by atoms with Gasteiger partial charge in [-0.15, -0.1) is 0 Å². The van der Waals surface area contributed by atoms with Gasteiger partial charge in [0.25, 0.3) is 5.56 Å². The highest BCUT2D eigenvalue weighted by molar-refractivity contribution is 7.89. The minimum absolute atomic E-state index is 0.213. The first-order chi connectivity index (χ1) is 16.3. The Labute approximate surface area is 202 Å². The zero-order chi connectivity index (χ0) is 23.9. The lowest BCUT2D eigenvalue weighted by Crippen LogP contribution is -2.48. The van der Waals surface area contributed by atoms with Crippen molar-refractivity contribution in [2.45, 2.75) is 25.3 Å². The molecule has 5 rings (SSSR count). The Morgan fingerprint density at radius 3 is 2.41 bits per heavy atom. The van der Waals surface area contributed by atoms with Crippen LogP contribution in [0.2, 0.25) is 0 Å². The molecule has 0 amide bonds. The third-order valence-corrected chi connectivity index (χ3v) is 9.00. The summed E-state index contributed by atoms with van der Waals surface area (Å²) in [5.41, 5.74) is 3.20. The summed E-state index contributed by atoms with van der Waals surface area (Å²) in [4.78, 5) is 20.4. The Hall–Kier alpha value is -2.92. The van der Waals surface area contributed by atoms with Crippen molar-refractivity contribution in [2.75, 3.05) is 26.2 Å².